The number of rotatable bonds is 2. The molecule has 7 nitrogen and oxygen atoms in total. The number of carbonyl (C=O) groups excluding carboxylic acids is 1. The Labute approximate surface area is 147 Å². The molecule has 1 N–H and O–H groups in total. The molecule has 0 bridgehead atoms. The van der Waals surface area contributed by atoms with E-state index in [1.165, 1.54) is 0 Å². The molecule has 3 heterocycles. The van der Waals surface area contributed by atoms with Crippen molar-refractivity contribution in [2.24, 2.45) is 5.92 Å². The summed E-state index contributed by atoms with van der Waals surface area (Å²) in [6.07, 6.45) is 5.63. The van der Waals surface area contributed by atoms with Gasteiger partial charge in [0.25, 0.3) is 0 Å². The number of fused-ring (bicyclic) bond motifs is 1. The molecular weight excluding hydrogens is 318 g/mol. The first-order valence-corrected chi connectivity index (χ1v) is 8.62. The van der Waals surface area contributed by atoms with Crippen molar-refractivity contribution in [2.45, 2.75) is 45.8 Å². The Hall–Kier alpha value is -2.44. The van der Waals surface area contributed by atoms with Gasteiger partial charge in [-0.05, 0) is 39.2 Å². The highest BCUT2D eigenvalue weighted by Crippen LogP contribution is 2.27. The monoisotopic (exact) mass is 343 g/mol. The summed E-state index contributed by atoms with van der Waals surface area (Å²) < 4.78 is 5.39. The van der Waals surface area contributed by atoms with Crippen LogP contribution >= 0.6 is 0 Å². The summed E-state index contributed by atoms with van der Waals surface area (Å²) in [6, 6.07) is 1.98. The first-order valence-electron chi connectivity index (χ1n) is 8.62. The van der Waals surface area contributed by atoms with Crippen LogP contribution in [-0.4, -0.2) is 45.8 Å². The fraction of sp³-hybridized carbons (Fsp3) is 0.556. The summed E-state index contributed by atoms with van der Waals surface area (Å²) in [5, 5.41) is 3.00. The molecule has 0 spiro atoms. The Kier molecular flexibility index (Phi) is 4.74. The predicted octanol–water partition coefficient (Wildman–Crippen LogP) is 2.76. The van der Waals surface area contributed by atoms with Gasteiger partial charge < -0.3 is 15.0 Å². The number of hydrogen-bond acceptors (Lipinski definition) is 6. The van der Waals surface area contributed by atoms with Crippen LogP contribution < -0.4 is 10.2 Å². The van der Waals surface area contributed by atoms with Gasteiger partial charge in [-0.25, -0.2) is 19.7 Å². The Bertz CT molecular complexity index is 753. The van der Waals surface area contributed by atoms with Crippen molar-refractivity contribution in [3.8, 4) is 0 Å². The molecule has 0 aliphatic carbocycles. The Morgan fingerprint density at radius 2 is 1.92 bits per heavy atom. The van der Waals surface area contributed by atoms with Crippen molar-refractivity contribution < 1.29 is 9.53 Å². The number of pyridine rings is 1. The molecule has 1 aliphatic rings. The van der Waals surface area contributed by atoms with Gasteiger partial charge in [-0.15, -0.1) is 0 Å². The van der Waals surface area contributed by atoms with Crippen LogP contribution in [-0.2, 0) is 4.74 Å². The van der Waals surface area contributed by atoms with Crippen LogP contribution in [0, 0.1) is 5.92 Å². The van der Waals surface area contributed by atoms with E-state index in [2.05, 4.69) is 32.1 Å². The van der Waals surface area contributed by atoms with E-state index < -0.39 is 5.60 Å². The number of hydrogen-bond donors (Lipinski definition) is 1. The molecular formula is C18H25N5O2. The summed E-state index contributed by atoms with van der Waals surface area (Å²) in [7, 11) is 0. The highest BCUT2D eigenvalue weighted by Gasteiger charge is 2.28. The largest absolute Gasteiger partial charge is 0.444 e. The lowest BCUT2D eigenvalue weighted by Crippen LogP contribution is -2.51. The van der Waals surface area contributed by atoms with Gasteiger partial charge in [0.2, 0.25) is 0 Å². The number of nitrogens with one attached hydrogen (secondary N) is 1. The molecule has 7 heteroatoms. The molecule has 2 aromatic heterocycles. The predicted molar refractivity (Wildman–Crippen MR) is 96.5 cm³/mol. The lowest BCUT2D eigenvalue weighted by molar-refractivity contribution is 0.0495. The third-order valence-corrected chi connectivity index (χ3v) is 4.07. The van der Waals surface area contributed by atoms with Crippen molar-refractivity contribution in [1.29, 1.82) is 0 Å². The molecule has 25 heavy (non-hydrogen) atoms. The highest BCUT2D eigenvalue weighted by molar-refractivity contribution is 5.85. The quantitative estimate of drug-likeness (QED) is 0.903. The average molecular weight is 343 g/mol. The molecule has 2 aromatic rings. The summed E-state index contributed by atoms with van der Waals surface area (Å²) >= 11 is 0. The van der Waals surface area contributed by atoms with Gasteiger partial charge in [-0.2, -0.15) is 0 Å². The minimum absolute atomic E-state index is 0.0264. The SMILES string of the molecule is CC1CC(NC(=O)OC(C)(C)C)CN(c2ccnc3nccnc23)C1. The van der Waals surface area contributed by atoms with Gasteiger partial charge in [-0.1, -0.05) is 6.92 Å². The Balaban J connectivity index is 1.77. The standard InChI is InChI=1S/C18H25N5O2/c1-12-9-13(22-17(24)25-18(2,3)4)11-23(10-12)14-5-6-20-16-15(14)19-7-8-21-16/h5-8,12-13H,9-11H2,1-4H3,(H,22,24). The third kappa shape index (κ3) is 4.35. The molecule has 0 saturated carbocycles. The molecule has 0 aromatic carbocycles. The van der Waals surface area contributed by atoms with Crippen LogP contribution in [0.1, 0.15) is 34.1 Å². The first kappa shape index (κ1) is 17.4. The normalized spacial score (nSPS) is 21.2. The highest BCUT2D eigenvalue weighted by atomic mass is 16.6. The van der Waals surface area contributed by atoms with Crippen molar-refractivity contribution in [3.63, 3.8) is 0 Å². The summed E-state index contributed by atoms with van der Waals surface area (Å²) in [5.74, 6) is 0.438. The molecule has 0 radical (unpaired) electrons. The van der Waals surface area contributed by atoms with Gasteiger partial charge in [-0.3, -0.25) is 0 Å². The van der Waals surface area contributed by atoms with E-state index in [1.54, 1.807) is 18.6 Å². The lowest BCUT2D eigenvalue weighted by Gasteiger charge is -2.38. The minimum Gasteiger partial charge on any atom is -0.444 e. The van der Waals surface area contributed by atoms with Crippen molar-refractivity contribution >= 4 is 22.9 Å². The van der Waals surface area contributed by atoms with Gasteiger partial charge >= 0.3 is 6.09 Å². The Morgan fingerprint density at radius 3 is 2.68 bits per heavy atom. The Morgan fingerprint density at radius 1 is 1.20 bits per heavy atom. The molecule has 3 rings (SSSR count). The maximum Gasteiger partial charge on any atom is 0.407 e. The molecule has 2 atom stereocenters. The van der Waals surface area contributed by atoms with Crippen molar-refractivity contribution in [2.75, 3.05) is 18.0 Å². The van der Waals surface area contributed by atoms with Crippen molar-refractivity contribution in [1.82, 2.24) is 20.3 Å². The fourth-order valence-electron chi connectivity index (χ4n) is 3.25. The lowest BCUT2D eigenvalue weighted by atomic mass is 9.95. The number of aromatic nitrogens is 3. The summed E-state index contributed by atoms with van der Waals surface area (Å²) in [6.45, 7) is 9.39. The van der Waals surface area contributed by atoms with Crippen LogP contribution in [0.25, 0.3) is 11.2 Å². The number of carbonyl (C=O) groups is 1. The van der Waals surface area contributed by atoms with E-state index >= 15 is 0 Å². The van der Waals surface area contributed by atoms with Crippen LogP contribution in [0.5, 0.6) is 0 Å². The molecule has 2 unspecified atom stereocenters. The zero-order valence-corrected chi connectivity index (χ0v) is 15.2. The second-order valence-electron chi connectivity index (χ2n) is 7.65. The maximum atomic E-state index is 12.1. The number of ether oxygens (including phenoxy) is 1. The van der Waals surface area contributed by atoms with Gasteiger partial charge in [0.15, 0.2) is 5.65 Å². The smallest absolute Gasteiger partial charge is 0.407 e. The van der Waals surface area contributed by atoms with E-state index in [1.807, 2.05) is 26.8 Å². The van der Waals surface area contributed by atoms with Crippen LogP contribution in [0.2, 0.25) is 0 Å². The van der Waals surface area contributed by atoms with E-state index in [0.29, 0.717) is 18.1 Å². The molecule has 134 valence electrons. The number of nitrogens with zero attached hydrogens (tertiary/aromatic N) is 4. The van der Waals surface area contributed by atoms with Gasteiger partial charge in [0, 0.05) is 37.7 Å². The van der Waals surface area contributed by atoms with Crippen molar-refractivity contribution in [3.05, 3.63) is 24.7 Å². The van der Waals surface area contributed by atoms with Gasteiger partial charge in [0.05, 0.1) is 5.69 Å². The second kappa shape index (κ2) is 6.82. The second-order valence-corrected chi connectivity index (χ2v) is 7.65. The number of alkyl carbamates (subject to hydrolysis) is 1. The average Bonchev–Trinajstić information content (AvgIpc) is 2.51. The summed E-state index contributed by atoms with van der Waals surface area (Å²) in [4.78, 5) is 27.3. The van der Waals surface area contributed by atoms with E-state index in [9.17, 15) is 4.79 Å². The number of piperidine rings is 1. The van der Waals surface area contributed by atoms with Crippen LogP contribution in [0.15, 0.2) is 24.7 Å². The third-order valence-electron chi connectivity index (χ3n) is 4.07. The number of amides is 1. The van der Waals surface area contributed by atoms with Crippen LogP contribution in [0.3, 0.4) is 0 Å². The molecule has 1 aliphatic heterocycles. The molecule has 1 amide bonds. The topological polar surface area (TPSA) is 80.2 Å². The fourth-order valence-corrected chi connectivity index (χ4v) is 3.25. The van der Waals surface area contributed by atoms with E-state index in [-0.39, 0.29) is 12.1 Å². The summed E-state index contributed by atoms with van der Waals surface area (Å²) in [5.41, 5.74) is 1.92. The van der Waals surface area contributed by atoms with E-state index in [0.717, 1.165) is 24.2 Å². The van der Waals surface area contributed by atoms with Gasteiger partial charge in [0.1, 0.15) is 11.1 Å². The van der Waals surface area contributed by atoms with E-state index in [4.69, 9.17) is 4.74 Å². The first-order chi connectivity index (χ1) is 11.8. The molecule has 1 saturated heterocycles. The van der Waals surface area contributed by atoms with Crippen LogP contribution in [0.4, 0.5) is 10.5 Å². The zero-order valence-electron chi connectivity index (χ0n) is 15.2. The molecule has 1 fully saturated rings. The number of anilines is 1. The zero-order chi connectivity index (χ0) is 18.0. The minimum atomic E-state index is -0.499. The maximum absolute atomic E-state index is 12.1.